The molecule has 2 atom stereocenters. The number of amides is 1. The third-order valence-electron chi connectivity index (χ3n) is 4.62. The van der Waals surface area contributed by atoms with E-state index in [1.807, 2.05) is 0 Å². The predicted molar refractivity (Wildman–Crippen MR) is 67.7 cm³/mol. The number of nitrogens with zero attached hydrogens (tertiary/aromatic N) is 1. The van der Waals surface area contributed by atoms with Crippen LogP contribution in [0.1, 0.15) is 32.6 Å². The van der Waals surface area contributed by atoms with Gasteiger partial charge in [0, 0.05) is 19.6 Å². The average molecular weight is 256 g/mol. The molecule has 2 aliphatic rings. The normalized spacial score (nSPS) is 41.1. The van der Waals surface area contributed by atoms with E-state index in [0.717, 1.165) is 25.7 Å². The van der Waals surface area contributed by atoms with E-state index in [-0.39, 0.29) is 19.0 Å². The van der Waals surface area contributed by atoms with Gasteiger partial charge in [0.05, 0.1) is 17.6 Å². The van der Waals surface area contributed by atoms with E-state index >= 15 is 0 Å². The molecular formula is C13H24N2O3. The Bertz CT molecular complexity index is 303. The minimum atomic E-state index is -0.814. The Morgan fingerprint density at radius 3 is 2.22 bits per heavy atom. The van der Waals surface area contributed by atoms with Gasteiger partial charge in [0.2, 0.25) is 5.91 Å². The van der Waals surface area contributed by atoms with Crippen LogP contribution in [0.25, 0.3) is 0 Å². The second-order valence-electron chi connectivity index (χ2n) is 6.01. The van der Waals surface area contributed by atoms with Crippen molar-refractivity contribution < 1.29 is 15.0 Å². The van der Waals surface area contributed by atoms with Gasteiger partial charge in [-0.1, -0.05) is 6.92 Å². The zero-order chi connectivity index (χ0) is 13.3. The van der Waals surface area contributed by atoms with Crippen LogP contribution in [-0.4, -0.2) is 52.9 Å². The predicted octanol–water partition coefficient (Wildman–Crippen LogP) is -0.294. The second-order valence-corrected chi connectivity index (χ2v) is 6.01. The highest BCUT2D eigenvalue weighted by Crippen LogP contribution is 2.40. The Labute approximate surface area is 108 Å². The van der Waals surface area contributed by atoms with Crippen molar-refractivity contribution in [2.45, 2.75) is 44.8 Å². The van der Waals surface area contributed by atoms with Gasteiger partial charge in [-0.25, -0.2) is 0 Å². The summed E-state index contributed by atoms with van der Waals surface area (Å²) in [5, 5.41) is 19.1. The summed E-state index contributed by atoms with van der Waals surface area (Å²) in [4.78, 5) is 14.2. The van der Waals surface area contributed by atoms with E-state index in [1.54, 1.807) is 4.90 Å². The van der Waals surface area contributed by atoms with E-state index in [0.29, 0.717) is 12.5 Å². The fourth-order valence-electron chi connectivity index (χ4n) is 3.09. The summed E-state index contributed by atoms with van der Waals surface area (Å²) in [5.74, 6) is 0.680. The van der Waals surface area contributed by atoms with E-state index in [4.69, 9.17) is 5.73 Å². The van der Waals surface area contributed by atoms with E-state index in [1.165, 1.54) is 0 Å². The van der Waals surface area contributed by atoms with Crippen LogP contribution in [0.15, 0.2) is 0 Å². The van der Waals surface area contributed by atoms with Crippen LogP contribution in [0.2, 0.25) is 0 Å². The first-order chi connectivity index (χ1) is 8.48. The highest BCUT2D eigenvalue weighted by Gasteiger charge is 2.45. The second kappa shape index (κ2) is 5.15. The maximum atomic E-state index is 12.6. The lowest BCUT2D eigenvalue weighted by atomic mass is 9.70. The highest BCUT2D eigenvalue weighted by atomic mass is 16.3. The summed E-state index contributed by atoms with van der Waals surface area (Å²) < 4.78 is 0. The lowest BCUT2D eigenvalue weighted by molar-refractivity contribution is -0.143. The van der Waals surface area contributed by atoms with Crippen LogP contribution in [0.3, 0.4) is 0 Å². The van der Waals surface area contributed by atoms with E-state index in [9.17, 15) is 15.0 Å². The Kier molecular flexibility index (Phi) is 3.94. The molecule has 5 nitrogen and oxygen atoms in total. The summed E-state index contributed by atoms with van der Waals surface area (Å²) in [5.41, 5.74) is 5.39. The summed E-state index contributed by atoms with van der Waals surface area (Å²) in [6.07, 6.45) is 2.08. The first-order valence-electron chi connectivity index (χ1n) is 6.84. The van der Waals surface area contributed by atoms with Crippen LogP contribution >= 0.6 is 0 Å². The number of rotatable bonds is 2. The van der Waals surface area contributed by atoms with Crippen molar-refractivity contribution in [1.82, 2.24) is 4.90 Å². The van der Waals surface area contributed by atoms with Gasteiger partial charge in [-0.2, -0.15) is 0 Å². The molecule has 1 aliphatic heterocycles. The van der Waals surface area contributed by atoms with Crippen molar-refractivity contribution in [3.63, 3.8) is 0 Å². The molecule has 1 aliphatic carbocycles. The first kappa shape index (κ1) is 13.8. The summed E-state index contributed by atoms with van der Waals surface area (Å²) >= 11 is 0. The third kappa shape index (κ3) is 2.39. The van der Waals surface area contributed by atoms with Crippen LogP contribution in [0.4, 0.5) is 0 Å². The molecule has 2 unspecified atom stereocenters. The number of nitrogens with two attached hydrogens (primary N) is 1. The number of β-amino-alcohol motifs (C(OH)–C–C–N with tert-alkyl or cyclic N) is 2. The van der Waals surface area contributed by atoms with Crippen LogP contribution in [-0.2, 0) is 4.79 Å². The standard InChI is InChI=1S/C13H24N2O3/c1-9-2-4-13(8-14,5-3-9)12(18)15-6-10(16)11(17)7-15/h9-11,16-17H,2-8,14H2,1H3. The molecule has 104 valence electrons. The summed E-state index contributed by atoms with van der Waals surface area (Å²) in [6.45, 7) is 3.03. The number of hydrogen-bond donors (Lipinski definition) is 3. The molecule has 1 saturated carbocycles. The quantitative estimate of drug-likeness (QED) is 0.633. The van der Waals surface area contributed by atoms with Crippen LogP contribution in [0, 0.1) is 11.3 Å². The molecule has 0 aromatic carbocycles. The van der Waals surface area contributed by atoms with E-state index in [2.05, 4.69) is 6.92 Å². The SMILES string of the molecule is CC1CCC(CN)(C(=O)N2CC(O)C(O)C2)CC1. The molecule has 0 aromatic rings. The minimum Gasteiger partial charge on any atom is -0.388 e. The zero-order valence-electron chi connectivity index (χ0n) is 11.0. The third-order valence-corrected chi connectivity index (χ3v) is 4.62. The molecule has 2 rings (SSSR count). The molecule has 1 heterocycles. The van der Waals surface area contributed by atoms with Crippen molar-refractivity contribution in [2.75, 3.05) is 19.6 Å². The van der Waals surface area contributed by atoms with Crippen molar-refractivity contribution >= 4 is 5.91 Å². The molecule has 0 spiro atoms. The number of carbonyl (C=O) groups is 1. The Morgan fingerprint density at radius 1 is 1.28 bits per heavy atom. The molecular weight excluding hydrogens is 232 g/mol. The average Bonchev–Trinajstić information content (AvgIpc) is 2.70. The van der Waals surface area contributed by atoms with Gasteiger partial charge >= 0.3 is 0 Å². The molecule has 1 saturated heterocycles. The molecule has 5 heteroatoms. The van der Waals surface area contributed by atoms with Crippen molar-refractivity contribution in [1.29, 1.82) is 0 Å². The number of hydrogen-bond acceptors (Lipinski definition) is 4. The molecule has 0 bridgehead atoms. The summed E-state index contributed by atoms with van der Waals surface area (Å²) in [7, 11) is 0. The van der Waals surface area contributed by atoms with Crippen molar-refractivity contribution in [3.8, 4) is 0 Å². The number of aliphatic hydroxyl groups is 2. The lowest BCUT2D eigenvalue weighted by Gasteiger charge is -2.39. The lowest BCUT2D eigenvalue weighted by Crippen LogP contribution is -2.49. The molecule has 0 radical (unpaired) electrons. The Balaban J connectivity index is 2.06. The highest BCUT2D eigenvalue weighted by molar-refractivity contribution is 5.83. The number of likely N-dealkylation sites (tertiary alicyclic amines) is 1. The molecule has 2 fully saturated rings. The minimum absolute atomic E-state index is 0.0208. The fraction of sp³-hybridized carbons (Fsp3) is 0.923. The van der Waals surface area contributed by atoms with Crippen molar-refractivity contribution in [3.05, 3.63) is 0 Å². The van der Waals surface area contributed by atoms with Gasteiger partial charge in [-0.3, -0.25) is 4.79 Å². The van der Waals surface area contributed by atoms with E-state index < -0.39 is 17.6 Å². The van der Waals surface area contributed by atoms with Gasteiger partial charge in [0.25, 0.3) is 0 Å². The monoisotopic (exact) mass is 256 g/mol. The molecule has 4 N–H and O–H groups in total. The number of aliphatic hydroxyl groups excluding tert-OH is 2. The molecule has 18 heavy (non-hydrogen) atoms. The van der Waals surface area contributed by atoms with Gasteiger partial charge in [-0.05, 0) is 31.6 Å². The topological polar surface area (TPSA) is 86.8 Å². The van der Waals surface area contributed by atoms with Gasteiger partial charge in [-0.15, -0.1) is 0 Å². The van der Waals surface area contributed by atoms with Crippen LogP contribution in [0.5, 0.6) is 0 Å². The number of carbonyl (C=O) groups excluding carboxylic acids is 1. The Hall–Kier alpha value is -0.650. The van der Waals surface area contributed by atoms with Gasteiger partial charge in [0.1, 0.15) is 0 Å². The summed E-state index contributed by atoms with van der Waals surface area (Å²) in [6, 6.07) is 0. The fourth-order valence-corrected chi connectivity index (χ4v) is 3.09. The maximum Gasteiger partial charge on any atom is 0.230 e. The zero-order valence-corrected chi connectivity index (χ0v) is 11.0. The van der Waals surface area contributed by atoms with Gasteiger partial charge < -0.3 is 20.8 Å². The molecule has 0 aromatic heterocycles. The maximum absolute atomic E-state index is 12.6. The van der Waals surface area contributed by atoms with Crippen molar-refractivity contribution in [2.24, 2.45) is 17.1 Å². The smallest absolute Gasteiger partial charge is 0.230 e. The Morgan fingerprint density at radius 2 is 1.78 bits per heavy atom. The van der Waals surface area contributed by atoms with Crippen LogP contribution < -0.4 is 5.73 Å². The van der Waals surface area contributed by atoms with Gasteiger partial charge in [0.15, 0.2) is 0 Å². The first-order valence-corrected chi connectivity index (χ1v) is 6.84. The largest absolute Gasteiger partial charge is 0.388 e. The molecule has 1 amide bonds.